The van der Waals surface area contributed by atoms with Crippen molar-refractivity contribution in [2.75, 3.05) is 11.9 Å². The predicted octanol–water partition coefficient (Wildman–Crippen LogP) is 4.44. The van der Waals surface area contributed by atoms with E-state index in [2.05, 4.69) is 20.8 Å². The average Bonchev–Trinajstić information content (AvgIpc) is 3.51. The Hall–Kier alpha value is -4.83. The molecule has 0 radical (unpaired) electrons. The van der Waals surface area contributed by atoms with Gasteiger partial charge >= 0.3 is 5.97 Å². The molecular formula is C29H25ClN6O4. The van der Waals surface area contributed by atoms with Crippen LogP contribution in [0.1, 0.15) is 40.2 Å². The van der Waals surface area contributed by atoms with Crippen LogP contribution < -0.4 is 5.32 Å². The number of hydrogen-bond donors (Lipinski definition) is 2. The molecule has 40 heavy (non-hydrogen) atoms. The number of benzene rings is 3. The molecule has 0 aliphatic carbocycles. The van der Waals surface area contributed by atoms with Crippen molar-refractivity contribution in [2.24, 2.45) is 0 Å². The van der Waals surface area contributed by atoms with Gasteiger partial charge in [0.15, 0.2) is 0 Å². The van der Waals surface area contributed by atoms with Crippen molar-refractivity contribution in [3.63, 3.8) is 0 Å². The lowest BCUT2D eigenvalue weighted by Gasteiger charge is -2.40. The number of likely N-dealkylation sites (tertiary alicyclic amines) is 1. The van der Waals surface area contributed by atoms with Gasteiger partial charge in [0, 0.05) is 34.8 Å². The van der Waals surface area contributed by atoms with Crippen LogP contribution in [0.2, 0.25) is 5.02 Å². The second-order valence-electron chi connectivity index (χ2n) is 9.30. The van der Waals surface area contributed by atoms with Gasteiger partial charge in [0.25, 0.3) is 0 Å². The van der Waals surface area contributed by atoms with E-state index < -0.39 is 12.0 Å². The zero-order valence-corrected chi connectivity index (χ0v) is 22.0. The highest BCUT2D eigenvalue weighted by Crippen LogP contribution is 2.34. The molecule has 4 aromatic rings. The lowest BCUT2D eigenvalue weighted by molar-refractivity contribution is -0.137. The second-order valence-corrected chi connectivity index (χ2v) is 9.73. The van der Waals surface area contributed by atoms with Crippen LogP contribution in [-0.4, -0.2) is 60.6 Å². The number of anilines is 1. The lowest BCUT2D eigenvalue weighted by Crippen LogP contribution is -2.53. The van der Waals surface area contributed by atoms with Crippen LogP contribution >= 0.6 is 11.6 Å². The van der Waals surface area contributed by atoms with E-state index in [1.165, 1.54) is 41.4 Å². The van der Waals surface area contributed by atoms with Gasteiger partial charge in [0.05, 0.1) is 11.3 Å². The summed E-state index contributed by atoms with van der Waals surface area (Å²) in [5, 5.41) is 23.8. The third-order valence-electron chi connectivity index (χ3n) is 6.80. The molecule has 0 unspecified atom stereocenters. The quantitative estimate of drug-likeness (QED) is 0.322. The number of halogens is 1. The lowest BCUT2D eigenvalue weighted by atomic mass is 9.82. The summed E-state index contributed by atoms with van der Waals surface area (Å²) in [6.45, 7) is 0.401. The summed E-state index contributed by atoms with van der Waals surface area (Å²) >= 11 is 6.22. The van der Waals surface area contributed by atoms with Crippen molar-refractivity contribution < 1.29 is 19.5 Å². The highest BCUT2D eigenvalue weighted by atomic mass is 35.5. The molecule has 1 aromatic heterocycles. The zero-order valence-electron chi connectivity index (χ0n) is 21.2. The Bertz CT molecular complexity index is 1540. The Balaban J connectivity index is 1.44. The Morgan fingerprint density at radius 1 is 1.02 bits per heavy atom. The fourth-order valence-electron chi connectivity index (χ4n) is 4.92. The molecule has 1 saturated heterocycles. The molecule has 2 atom stereocenters. The molecule has 1 aliphatic heterocycles. The molecule has 2 amide bonds. The molecular weight excluding hydrogens is 532 g/mol. The van der Waals surface area contributed by atoms with Gasteiger partial charge in [-0.1, -0.05) is 41.9 Å². The molecule has 202 valence electrons. The maximum absolute atomic E-state index is 13.7. The molecule has 11 heteroatoms. The smallest absolute Gasteiger partial charge is 0.335 e. The van der Waals surface area contributed by atoms with Gasteiger partial charge in [-0.3, -0.25) is 9.59 Å². The molecule has 5 rings (SSSR count). The summed E-state index contributed by atoms with van der Waals surface area (Å²) < 4.78 is 1.47. The Labute approximate surface area is 234 Å². The number of hydrogen-bond acceptors (Lipinski definition) is 6. The summed E-state index contributed by atoms with van der Waals surface area (Å²) in [5.41, 5.74) is 2.78. The number of piperidine rings is 1. The Morgan fingerprint density at radius 3 is 2.50 bits per heavy atom. The van der Waals surface area contributed by atoms with Crippen molar-refractivity contribution >= 4 is 41.1 Å². The molecule has 1 fully saturated rings. The number of nitrogens with one attached hydrogen (secondary N) is 1. The standard InChI is InChI=1S/C29H25ClN6O4/c30-22-11-14-25(36-18-31-33-34-36)21(17-22)10-15-26(37)35-16-4-7-24(19-5-2-1-3-6-19)27(35)28(38)32-23-12-8-20(9-13-23)29(39)40/h1-3,5-6,8-15,17-18,24,27H,4,7,16H2,(H,32,38)(H,39,40)/t24-,27-/m0/s1. The van der Waals surface area contributed by atoms with E-state index in [4.69, 9.17) is 11.6 Å². The highest BCUT2D eigenvalue weighted by molar-refractivity contribution is 6.30. The van der Waals surface area contributed by atoms with Crippen LogP contribution in [0.5, 0.6) is 0 Å². The SMILES string of the molecule is O=C(O)c1ccc(NC(=O)[C@@H]2[C@H](c3ccccc3)CCCN2C(=O)C=Cc2cc(Cl)ccc2-n2cnnn2)cc1. The number of carbonyl (C=O) groups is 3. The summed E-state index contributed by atoms with van der Waals surface area (Å²) in [6.07, 6.45) is 5.96. The first-order chi connectivity index (χ1) is 19.4. The molecule has 0 saturated carbocycles. The zero-order chi connectivity index (χ0) is 28.1. The van der Waals surface area contributed by atoms with E-state index in [-0.39, 0.29) is 23.3 Å². The van der Waals surface area contributed by atoms with Crippen LogP contribution in [0.25, 0.3) is 11.8 Å². The van der Waals surface area contributed by atoms with Crippen molar-refractivity contribution in [2.45, 2.75) is 24.8 Å². The van der Waals surface area contributed by atoms with E-state index >= 15 is 0 Å². The molecule has 3 aromatic carbocycles. The first kappa shape index (κ1) is 26.8. The summed E-state index contributed by atoms with van der Waals surface area (Å²) in [6, 6.07) is 19.9. The van der Waals surface area contributed by atoms with Crippen LogP contribution in [0.3, 0.4) is 0 Å². The normalized spacial score (nSPS) is 17.1. The average molecular weight is 557 g/mol. The number of amides is 2. The minimum Gasteiger partial charge on any atom is -0.478 e. The van der Waals surface area contributed by atoms with Gasteiger partial charge in [0.1, 0.15) is 12.4 Å². The molecule has 1 aliphatic rings. The number of carbonyl (C=O) groups excluding carboxylic acids is 2. The van der Waals surface area contributed by atoms with E-state index in [1.54, 1.807) is 29.2 Å². The van der Waals surface area contributed by atoms with Crippen molar-refractivity contribution in [3.05, 3.63) is 107 Å². The van der Waals surface area contributed by atoms with Crippen LogP contribution in [-0.2, 0) is 9.59 Å². The van der Waals surface area contributed by atoms with Gasteiger partial charge < -0.3 is 15.3 Å². The van der Waals surface area contributed by atoms with Crippen molar-refractivity contribution in [3.8, 4) is 5.69 Å². The maximum atomic E-state index is 13.7. The van der Waals surface area contributed by atoms with Gasteiger partial charge in [-0.25, -0.2) is 4.79 Å². The molecule has 0 spiro atoms. The maximum Gasteiger partial charge on any atom is 0.335 e. The van der Waals surface area contributed by atoms with Gasteiger partial charge in [-0.05, 0) is 77.4 Å². The number of carboxylic acid groups (broad SMARTS) is 1. The van der Waals surface area contributed by atoms with E-state index in [9.17, 15) is 19.5 Å². The van der Waals surface area contributed by atoms with Crippen LogP contribution in [0, 0.1) is 0 Å². The van der Waals surface area contributed by atoms with Crippen LogP contribution in [0.15, 0.2) is 85.2 Å². The van der Waals surface area contributed by atoms with Gasteiger partial charge in [-0.2, -0.15) is 4.68 Å². The fourth-order valence-corrected chi connectivity index (χ4v) is 5.11. The largest absolute Gasteiger partial charge is 0.478 e. The highest BCUT2D eigenvalue weighted by Gasteiger charge is 2.39. The first-order valence-electron chi connectivity index (χ1n) is 12.6. The molecule has 2 N–H and O–H groups in total. The van der Waals surface area contributed by atoms with Crippen molar-refractivity contribution in [1.82, 2.24) is 25.1 Å². The number of carboxylic acids is 1. The van der Waals surface area contributed by atoms with Crippen molar-refractivity contribution in [1.29, 1.82) is 0 Å². The first-order valence-corrected chi connectivity index (χ1v) is 13.0. The number of rotatable bonds is 7. The summed E-state index contributed by atoms with van der Waals surface area (Å²) in [4.78, 5) is 40.2. The van der Waals surface area contributed by atoms with Crippen LogP contribution in [0.4, 0.5) is 5.69 Å². The minimum absolute atomic E-state index is 0.113. The summed E-state index contributed by atoms with van der Waals surface area (Å²) in [5.74, 6) is -1.96. The monoisotopic (exact) mass is 556 g/mol. The number of nitrogens with zero attached hydrogens (tertiary/aromatic N) is 5. The molecule has 0 bridgehead atoms. The fraction of sp³-hybridized carbons (Fsp3) is 0.172. The second kappa shape index (κ2) is 11.9. The van der Waals surface area contributed by atoms with Gasteiger partial charge in [-0.15, -0.1) is 5.10 Å². The molecule has 10 nitrogen and oxygen atoms in total. The van der Waals surface area contributed by atoms with E-state index in [0.717, 1.165) is 18.4 Å². The van der Waals surface area contributed by atoms with Gasteiger partial charge in [0.2, 0.25) is 11.8 Å². The minimum atomic E-state index is -1.05. The van der Waals surface area contributed by atoms with E-state index in [0.29, 0.717) is 28.5 Å². The predicted molar refractivity (Wildman–Crippen MR) is 149 cm³/mol. The summed E-state index contributed by atoms with van der Waals surface area (Å²) in [7, 11) is 0. The number of tetrazole rings is 1. The Morgan fingerprint density at radius 2 is 1.80 bits per heavy atom. The van der Waals surface area contributed by atoms with E-state index in [1.807, 2.05) is 30.3 Å². The third kappa shape index (κ3) is 5.92. The number of aromatic carboxylic acids is 1. The molecule has 2 heterocycles. The third-order valence-corrected chi connectivity index (χ3v) is 7.04. The number of aromatic nitrogens is 4. The Kier molecular flexibility index (Phi) is 7.97. The topological polar surface area (TPSA) is 130 Å².